The minimum atomic E-state index is -4.56. The van der Waals surface area contributed by atoms with Gasteiger partial charge in [-0.15, -0.1) is 0 Å². The highest BCUT2D eigenvalue weighted by atomic mass is 31.2. The summed E-state index contributed by atoms with van der Waals surface area (Å²) < 4.78 is 14.6. The maximum Gasteiger partial charge on any atom is 0.469 e. The first-order valence-corrected chi connectivity index (χ1v) is 5.06. The monoisotopic (exact) mass is 228 g/mol. The van der Waals surface area contributed by atoms with Crippen LogP contribution in [0, 0.1) is 0 Å². The maximum atomic E-state index is 10.7. The lowest BCUT2D eigenvalue weighted by Crippen LogP contribution is -2.50. The van der Waals surface area contributed by atoms with Gasteiger partial charge in [-0.3, -0.25) is 15.0 Å². The van der Waals surface area contributed by atoms with Crippen LogP contribution in [0.15, 0.2) is 0 Å². The quantitative estimate of drug-likeness (QED) is 0.165. The fourth-order valence-electron chi connectivity index (χ4n) is 0.711. The topological polar surface area (TPSA) is 151 Å². The van der Waals surface area contributed by atoms with Gasteiger partial charge in [-0.2, -0.15) is 0 Å². The molecule has 84 valence electrons. The molecular weight excluding hydrogens is 215 g/mol. The zero-order chi connectivity index (χ0) is 11.4. The number of nitrogens with two attached hydrogens (primary N) is 2. The zero-order valence-electron chi connectivity index (χ0n) is 7.45. The molecule has 9 nitrogen and oxygen atoms in total. The predicted molar refractivity (Wildman–Crippen MR) is 46.2 cm³/mol. The average Bonchev–Trinajstić information content (AvgIpc) is 1.99. The van der Waals surface area contributed by atoms with E-state index in [9.17, 15) is 9.36 Å². The lowest BCUT2D eigenvalue weighted by Gasteiger charge is -2.20. The van der Waals surface area contributed by atoms with E-state index >= 15 is 0 Å². The van der Waals surface area contributed by atoms with Gasteiger partial charge in [0, 0.05) is 0 Å². The van der Waals surface area contributed by atoms with Gasteiger partial charge in [0.15, 0.2) is 0 Å². The number of phosphoric ester groups is 1. The third kappa shape index (κ3) is 5.86. The molecule has 7 N–H and O–H groups in total. The van der Waals surface area contributed by atoms with Gasteiger partial charge in [0.25, 0.3) is 0 Å². The highest BCUT2D eigenvalue weighted by molar-refractivity contribution is 7.46. The van der Waals surface area contributed by atoms with Crippen molar-refractivity contribution in [3.63, 3.8) is 0 Å². The van der Waals surface area contributed by atoms with Crippen LogP contribution in [0.1, 0.15) is 6.92 Å². The first-order valence-electron chi connectivity index (χ1n) is 3.53. The van der Waals surface area contributed by atoms with Crippen LogP contribution in [0.5, 0.6) is 0 Å². The molecule has 0 aromatic carbocycles. The van der Waals surface area contributed by atoms with Crippen LogP contribution in [-0.4, -0.2) is 33.5 Å². The van der Waals surface area contributed by atoms with Crippen LogP contribution >= 0.6 is 7.82 Å². The number of hydrogen-bond donors (Lipinski definition) is 5. The van der Waals surface area contributed by atoms with E-state index < -0.39 is 20.0 Å². The molecule has 0 bridgehead atoms. The van der Waals surface area contributed by atoms with Crippen molar-refractivity contribution in [3.05, 3.63) is 0 Å². The Bertz CT molecular complexity index is 242. The Morgan fingerprint density at radius 3 is 2.57 bits per heavy atom. The standard InChI is InChI=1S/C4H13N4O5P/c1-3(13-14(10,11)12)2-8(6)4(9)7-5/h3H,2,5-6H2,1H3,(H,7,9)(H2,10,11,12). The summed E-state index contributed by atoms with van der Waals surface area (Å²) in [5.41, 5.74) is 1.75. The number of urea groups is 1. The molecule has 0 aliphatic heterocycles. The molecule has 1 unspecified atom stereocenters. The minimum Gasteiger partial charge on any atom is -0.303 e. The summed E-state index contributed by atoms with van der Waals surface area (Å²) in [7, 11) is -4.56. The van der Waals surface area contributed by atoms with Crippen molar-refractivity contribution in [1.29, 1.82) is 0 Å². The summed E-state index contributed by atoms with van der Waals surface area (Å²) in [5.74, 6) is 9.92. The van der Waals surface area contributed by atoms with Crippen molar-refractivity contribution in [1.82, 2.24) is 10.4 Å². The number of hydrogen-bond acceptors (Lipinski definition) is 5. The lowest BCUT2D eigenvalue weighted by molar-refractivity contribution is 0.112. The SMILES string of the molecule is CC(CN(N)C(=O)NN)OP(=O)(O)O. The number of phosphoric acid groups is 1. The zero-order valence-corrected chi connectivity index (χ0v) is 8.35. The third-order valence-corrected chi connectivity index (χ3v) is 1.79. The Labute approximate surface area is 80.2 Å². The Hall–Kier alpha value is -0.700. The average molecular weight is 228 g/mol. The van der Waals surface area contributed by atoms with Gasteiger partial charge in [0.05, 0.1) is 12.6 Å². The van der Waals surface area contributed by atoms with Crippen LogP contribution in [0.25, 0.3) is 0 Å². The minimum absolute atomic E-state index is 0.200. The molecular formula is C4H13N4O5P. The van der Waals surface area contributed by atoms with E-state index in [4.69, 9.17) is 21.5 Å². The van der Waals surface area contributed by atoms with Gasteiger partial charge >= 0.3 is 13.9 Å². The van der Waals surface area contributed by atoms with Crippen molar-refractivity contribution < 1.29 is 23.7 Å². The summed E-state index contributed by atoms with van der Waals surface area (Å²) in [4.78, 5) is 27.5. The van der Waals surface area contributed by atoms with Crippen LogP contribution < -0.4 is 17.1 Å². The Balaban J connectivity index is 4.00. The number of hydrazine groups is 2. The molecule has 0 aliphatic carbocycles. The molecule has 0 spiro atoms. The van der Waals surface area contributed by atoms with E-state index in [-0.39, 0.29) is 6.54 Å². The summed E-state index contributed by atoms with van der Waals surface area (Å²) in [5, 5.41) is 0.639. The van der Waals surface area contributed by atoms with Crippen LogP contribution in [0.4, 0.5) is 4.79 Å². The number of nitrogens with zero attached hydrogens (tertiary/aromatic N) is 1. The Morgan fingerprint density at radius 1 is 1.71 bits per heavy atom. The van der Waals surface area contributed by atoms with Gasteiger partial charge in [0.1, 0.15) is 0 Å². The van der Waals surface area contributed by atoms with Gasteiger partial charge < -0.3 is 9.79 Å². The fraction of sp³-hybridized carbons (Fsp3) is 0.750. The van der Waals surface area contributed by atoms with Crippen LogP contribution in [0.3, 0.4) is 0 Å². The first-order chi connectivity index (χ1) is 6.26. The predicted octanol–water partition coefficient (Wildman–Crippen LogP) is -1.76. The summed E-state index contributed by atoms with van der Waals surface area (Å²) >= 11 is 0. The van der Waals surface area contributed by atoms with Gasteiger partial charge in [-0.1, -0.05) is 0 Å². The van der Waals surface area contributed by atoms with Crippen molar-refractivity contribution >= 4 is 13.9 Å². The van der Waals surface area contributed by atoms with Crippen molar-refractivity contribution in [2.24, 2.45) is 11.7 Å². The van der Waals surface area contributed by atoms with E-state index in [1.807, 2.05) is 0 Å². The van der Waals surface area contributed by atoms with E-state index in [0.29, 0.717) is 5.01 Å². The number of amides is 2. The summed E-state index contributed by atoms with van der Waals surface area (Å²) in [6.45, 7) is 1.15. The molecule has 10 heteroatoms. The lowest BCUT2D eigenvalue weighted by atomic mass is 10.4. The molecule has 0 heterocycles. The first kappa shape index (κ1) is 13.3. The van der Waals surface area contributed by atoms with Gasteiger partial charge in [-0.05, 0) is 6.92 Å². The van der Waals surface area contributed by atoms with E-state index in [1.54, 1.807) is 5.43 Å². The highest BCUT2D eigenvalue weighted by Crippen LogP contribution is 2.37. The smallest absolute Gasteiger partial charge is 0.303 e. The Kier molecular flexibility index (Phi) is 4.99. The molecule has 0 saturated carbocycles. The number of carbonyl (C=O) groups excluding carboxylic acids is 1. The molecule has 0 rings (SSSR count). The van der Waals surface area contributed by atoms with Crippen molar-refractivity contribution in [2.45, 2.75) is 13.0 Å². The van der Waals surface area contributed by atoms with Gasteiger partial charge in [0.2, 0.25) is 0 Å². The largest absolute Gasteiger partial charge is 0.469 e. The molecule has 0 fully saturated rings. The molecule has 2 amide bonds. The molecule has 0 saturated heterocycles. The number of carbonyl (C=O) groups is 1. The summed E-state index contributed by atoms with van der Waals surface area (Å²) in [6.07, 6.45) is -0.905. The van der Waals surface area contributed by atoms with E-state index in [0.717, 1.165) is 0 Å². The van der Waals surface area contributed by atoms with Crippen LogP contribution in [-0.2, 0) is 9.09 Å². The Morgan fingerprint density at radius 2 is 2.21 bits per heavy atom. The third-order valence-electron chi connectivity index (χ3n) is 1.16. The number of nitrogens with one attached hydrogen (secondary N) is 1. The molecule has 0 aromatic heterocycles. The number of rotatable bonds is 4. The maximum absolute atomic E-state index is 10.7. The van der Waals surface area contributed by atoms with E-state index in [1.165, 1.54) is 6.92 Å². The molecule has 0 radical (unpaired) electrons. The highest BCUT2D eigenvalue weighted by Gasteiger charge is 2.21. The fourth-order valence-corrected chi connectivity index (χ4v) is 1.25. The van der Waals surface area contributed by atoms with Crippen LogP contribution in [0.2, 0.25) is 0 Å². The van der Waals surface area contributed by atoms with Crippen molar-refractivity contribution in [3.8, 4) is 0 Å². The second-order valence-corrected chi connectivity index (χ2v) is 3.70. The second kappa shape index (κ2) is 5.25. The van der Waals surface area contributed by atoms with Crippen molar-refractivity contribution in [2.75, 3.05) is 6.54 Å². The summed E-state index contributed by atoms with van der Waals surface area (Å²) in [6, 6.07) is -0.786. The van der Waals surface area contributed by atoms with Gasteiger partial charge in [-0.25, -0.2) is 21.0 Å². The van der Waals surface area contributed by atoms with E-state index in [2.05, 4.69) is 4.52 Å². The molecule has 14 heavy (non-hydrogen) atoms. The normalized spacial score (nSPS) is 13.5. The second-order valence-electron chi connectivity index (χ2n) is 2.51. The molecule has 0 aromatic rings. The molecule has 1 atom stereocenters. The molecule has 0 aliphatic rings.